The Morgan fingerprint density at radius 1 is 0.792 bits per heavy atom. The van der Waals surface area contributed by atoms with Gasteiger partial charge in [-0.05, 0) is 72.6 Å². The number of ether oxygens (including phenoxy) is 1. The second-order valence-electron chi connectivity index (χ2n) is 12.0. The summed E-state index contributed by atoms with van der Waals surface area (Å²) < 4.78 is 36.2. The molecule has 1 fully saturated rings. The van der Waals surface area contributed by atoms with Crippen LogP contribution in [0.2, 0.25) is 0 Å². The maximum atomic E-state index is 13.9. The number of nitrogens with one attached hydrogen (secondary N) is 1. The van der Waals surface area contributed by atoms with E-state index in [0.29, 0.717) is 35.2 Å². The summed E-state index contributed by atoms with van der Waals surface area (Å²) in [6.07, 6.45) is 3.66. The van der Waals surface area contributed by atoms with Crippen molar-refractivity contribution in [3.63, 3.8) is 0 Å². The van der Waals surface area contributed by atoms with Gasteiger partial charge in [-0.15, -0.1) is 0 Å². The SMILES string of the molecule is COc1ccc(N2CCN(CC(Cc3ccc(N4C(=O)c5ccccc5C4=O)cc3)NS(=O)(=O)c3cccc4cnccc34)CC2)cc1. The average molecular weight is 662 g/mol. The largest absolute Gasteiger partial charge is 0.497 e. The van der Waals surface area contributed by atoms with Gasteiger partial charge < -0.3 is 9.64 Å². The Hall–Kier alpha value is -5.10. The number of piperazine rings is 1. The number of benzene rings is 4. The summed E-state index contributed by atoms with van der Waals surface area (Å²) in [4.78, 5) is 36.2. The molecule has 7 rings (SSSR count). The first-order valence-corrected chi connectivity index (χ1v) is 17.3. The number of rotatable bonds is 10. The molecule has 0 aliphatic carbocycles. The molecule has 0 bridgehead atoms. The molecule has 0 saturated carbocycles. The maximum absolute atomic E-state index is 13.9. The number of anilines is 2. The fourth-order valence-electron chi connectivity index (χ4n) is 6.54. The molecule has 11 heteroatoms. The Morgan fingerprint density at radius 2 is 1.46 bits per heavy atom. The first-order valence-electron chi connectivity index (χ1n) is 15.8. The van der Waals surface area contributed by atoms with Crippen molar-refractivity contribution in [1.29, 1.82) is 0 Å². The smallest absolute Gasteiger partial charge is 0.266 e. The second-order valence-corrected chi connectivity index (χ2v) is 13.7. The van der Waals surface area contributed by atoms with Crippen molar-refractivity contribution in [3.05, 3.63) is 126 Å². The summed E-state index contributed by atoms with van der Waals surface area (Å²) in [5.41, 5.74) is 3.24. The van der Waals surface area contributed by atoms with Crippen molar-refractivity contribution in [1.82, 2.24) is 14.6 Å². The number of imide groups is 1. The minimum atomic E-state index is -3.91. The zero-order chi connectivity index (χ0) is 33.3. The van der Waals surface area contributed by atoms with E-state index in [2.05, 4.69) is 31.6 Å². The second kappa shape index (κ2) is 13.2. The highest BCUT2D eigenvalue weighted by atomic mass is 32.2. The molecular weight excluding hydrogens is 627 g/mol. The molecule has 5 aromatic rings. The summed E-state index contributed by atoms with van der Waals surface area (Å²) in [7, 11) is -2.26. The van der Waals surface area contributed by atoms with Gasteiger partial charge in [0, 0.05) is 67.6 Å². The first kappa shape index (κ1) is 31.5. The van der Waals surface area contributed by atoms with Gasteiger partial charge in [-0.1, -0.05) is 36.4 Å². The Morgan fingerprint density at radius 3 is 2.12 bits per heavy atom. The van der Waals surface area contributed by atoms with Gasteiger partial charge in [0.25, 0.3) is 11.8 Å². The zero-order valence-corrected chi connectivity index (χ0v) is 27.3. The highest BCUT2D eigenvalue weighted by molar-refractivity contribution is 7.89. The zero-order valence-electron chi connectivity index (χ0n) is 26.5. The van der Waals surface area contributed by atoms with Crippen molar-refractivity contribution < 1.29 is 22.7 Å². The fourth-order valence-corrected chi connectivity index (χ4v) is 7.99. The van der Waals surface area contributed by atoms with E-state index >= 15 is 0 Å². The van der Waals surface area contributed by atoms with Gasteiger partial charge >= 0.3 is 0 Å². The van der Waals surface area contributed by atoms with Crippen LogP contribution in [0.15, 0.2) is 114 Å². The number of aromatic nitrogens is 1. The van der Waals surface area contributed by atoms with E-state index in [0.717, 1.165) is 48.6 Å². The number of hydrogen-bond acceptors (Lipinski definition) is 8. The molecule has 1 saturated heterocycles. The molecule has 10 nitrogen and oxygen atoms in total. The highest BCUT2D eigenvalue weighted by Crippen LogP contribution is 2.29. The van der Waals surface area contributed by atoms with Gasteiger partial charge in [-0.3, -0.25) is 19.5 Å². The Balaban J connectivity index is 1.10. The van der Waals surface area contributed by atoms with Crippen LogP contribution in [0.1, 0.15) is 26.3 Å². The minimum Gasteiger partial charge on any atom is -0.497 e. The predicted octanol–water partition coefficient (Wildman–Crippen LogP) is 4.76. The fraction of sp³-hybridized carbons (Fsp3) is 0.216. The monoisotopic (exact) mass is 661 g/mol. The lowest BCUT2D eigenvalue weighted by Crippen LogP contribution is -2.52. The topological polar surface area (TPSA) is 112 Å². The van der Waals surface area contributed by atoms with Crippen LogP contribution in [-0.2, 0) is 16.4 Å². The molecule has 48 heavy (non-hydrogen) atoms. The van der Waals surface area contributed by atoms with E-state index in [4.69, 9.17) is 4.74 Å². The van der Waals surface area contributed by atoms with E-state index in [-0.39, 0.29) is 16.7 Å². The van der Waals surface area contributed by atoms with Crippen LogP contribution in [0.25, 0.3) is 10.8 Å². The van der Waals surface area contributed by atoms with Crippen LogP contribution in [0.5, 0.6) is 5.75 Å². The Kier molecular flexibility index (Phi) is 8.65. The van der Waals surface area contributed by atoms with Crippen molar-refractivity contribution >= 4 is 44.0 Å². The number of amides is 2. The van der Waals surface area contributed by atoms with Crippen molar-refractivity contribution in [2.24, 2.45) is 0 Å². The lowest BCUT2D eigenvalue weighted by atomic mass is 10.0. The summed E-state index contributed by atoms with van der Waals surface area (Å²) in [5, 5.41) is 1.35. The molecule has 2 aliphatic heterocycles. The van der Waals surface area contributed by atoms with Crippen molar-refractivity contribution in [2.45, 2.75) is 17.4 Å². The maximum Gasteiger partial charge on any atom is 0.266 e. The molecule has 1 N–H and O–H groups in total. The average Bonchev–Trinajstić information content (AvgIpc) is 3.37. The third-order valence-electron chi connectivity index (χ3n) is 9.01. The molecule has 2 aliphatic rings. The third-order valence-corrected chi connectivity index (χ3v) is 10.6. The first-order chi connectivity index (χ1) is 23.3. The molecule has 244 valence electrons. The molecule has 0 radical (unpaired) electrons. The van der Waals surface area contributed by atoms with Crippen molar-refractivity contribution in [3.8, 4) is 5.75 Å². The number of nitrogens with zero attached hydrogens (tertiary/aromatic N) is 4. The number of sulfonamides is 1. The van der Waals surface area contributed by atoms with Crippen LogP contribution >= 0.6 is 0 Å². The Bertz CT molecular complexity index is 2040. The van der Waals surface area contributed by atoms with E-state index < -0.39 is 16.1 Å². The van der Waals surface area contributed by atoms with Crippen LogP contribution in [0, 0.1) is 0 Å². The third kappa shape index (κ3) is 6.27. The lowest BCUT2D eigenvalue weighted by molar-refractivity contribution is 0.0926. The molecule has 1 aromatic heterocycles. The molecule has 4 aromatic carbocycles. The molecule has 1 atom stereocenters. The van der Waals surface area contributed by atoms with Gasteiger partial charge in [-0.25, -0.2) is 18.0 Å². The molecular formula is C37H35N5O5S. The van der Waals surface area contributed by atoms with Crippen LogP contribution in [0.4, 0.5) is 11.4 Å². The van der Waals surface area contributed by atoms with E-state index in [1.54, 1.807) is 74.1 Å². The quantitative estimate of drug-likeness (QED) is 0.214. The number of carbonyl (C=O) groups is 2. The number of fused-ring (bicyclic) bond motifs is 2. The number of methoxy groups -OCH3 is 1. The van der Waals surface area contributed by atoms with Gasteiger partial charge in [0.15, 0.2) is 0 Å². The van der Waals surface area contributed by atoms with Crippen LogP contribution < -0.4 is 19.3 Å². The number of hydrogen-bond donors (Lipinski definition) is 1. The molecule has 0 spiro atoms. The Labute approximate surface area is 279 Å². The lowest BCUT2D eigenvalue weighted by Gasteiger charge is -2.37. The highest BCUT2D eigenvalue weighted by Gasteiger charge is 2.36. The van der Waals surface area contributed by atoms with Gasteiger partial charge in [0.05, 0.1) is 28.8 Å². The van der Waals surface area contributed by atoms with Gasteiger partial charge in [0.2, 0.25) is 10.0 Å². The van der Waals surface area contributed by atoms with Crippen molar-refractivity contribution in [2.75, 3.05) is 49.6 Å². The van der Waals surface area contributed by atoms with Crippen LogP contribution in [0.3, 0.4) is 0 Å². The normalized spacial score (nSPS) is 15.9. The summed E-state index contributed by atoms with van der Waals surface area (Å²) in [6.45, 7) is 3.64. The molecule has 3 heterocycles. The van der Waals surface area contributed by atoms with E-state index in [1.807, 2.05) is 30.3 Å². The van der Waals surface area contributed by atoms with Gasteiger partial charge in [-0.2, -0.15) is 0 Å². The number of pyridine rings is 1. The van der Waals surface area contributed by atoms with E-state index in [1.165, 1.54) is 4.90 Å². The number of carbonyl (C=O) groups excluding carboxylic acids is 2. The molecule has 1 unspecified atom stereocenters. The predicted molar refractivity (Wildman–Crippen MR) is 185 cm³/mol. The molecule has 2 amide bonds. The van der Waals surface area contributed by atoms with Gasteiger partial charge in [0.1, 0.15) is 5.75 Å². The van der Waals surface area contributed by atoms with Crippen LogP contribution in [-0.4, -0.2) is 76.0 Å². The van der Waals surface area contributed by atoms with E-state index in [9.17, 15) is 18.0 Å². The summed E-state index contributed by atoms with van der Waals surface area (Å²) in [6, 6.07) is 28.5. The standard InChI is InChI=1S/C37H35N5O5S/c1-47-31-15-13-29(14-16-31)41-21-19-40(20-22-41)25-28(39-48(45,46)35-8-4-5-27-24-38-18-17-32(27)35)23-26-9-11-30(12-10-26)42-36(43)33-6-2-3-7-34(33)37(42)44/h2-18,24,28,39H,19-23,25H2,1H3. The minimum absolute atomic E-state index is 0.206. The summed E-state index contributed by atoms with van der Waals surface area (Å²) in [5.74, 6) is 0.104. The summed E-state index contributed by atoms with van der Waals surface area (Å²) >= 11 is 0.